The zero-order chi connectivity index (χ0) is 27.7. The number of aromatic nitrogens is 3. The molecule has 4 saturated heterocycles. The molecule has 212 valence electrons. The lowest BCUT2D eigenvalue weighted by atomic mass is 9.95. The molecular weight excluding hydrogens is 553 g/mol. The smallest absolute Gasteiger partial charge is 0.410 e. The lowest BCUT2D eigenvalue weighted by molar-refractivity contribution is 0.0122. The predicted molar refractivity (Wildman–Crippen MR) is 143 cm³/mol. The summed E-state index contributed by atoms with van der Waals surface area (Å²) in [6.07, 6.45) is 2.55. The van der Waals surface area contributed by atoms with Gasteiger partial charge in [0.2, 0.25) is 0 Å². The van der Waals surface area contributed by atoms with E-state index in [1.807, 2.05) is 25.7 Å². The lowest BCUT2D eigenvalue weighted by Crippen LogP contribution is -2.57. The standard InChI is InChI=1S/C26H32Cl2F2N6O3/c1-25(2,3)39-24(37)36-15-5-6-16(36)12-34(11-15)22-17-19(18(30)21(28)32-20(17)27)31-23(33-22)38-13-26-7-4-8-35(26)10-14(29)9-26/h14-16H,4-13H2,1-3H3/t14-,15-,16+,26+/m1/s1. The zero-order valence-corrected chi connectivity index (χ0v) is 23.7. The number of pyridine rings is 1. The van der Waals surface area contributed by atoms with E-state index in [2.05, 4.69) is 19.9 Å². The summed E-state index contributed by atoms with van der Waals surface area (Å²) in [5.74, 6) is -0.440. The molecule has 9 nitrogen and oxygen atoms in total. The maximum absolute atomic E-state index is 15.3. The van der Waals surface area contributed by atoms with E-state index in [1.54, 1.807) is 4.90 Å². The molecule has 2 bridgehead atoms. The van der Waals surface area contributed by atoms with Crippen LogP contribution in [0.2, 0.25) is 10.3 Å². The van der Waals surface area contributed by atoms with E-state index in [0.29, 0.717) is 31.9 Å². The Morgan fingerprint density at radius 3 is 2.51 bits per heavy atom. The van der Waals surface area contributed by atoms with Crippen LogP contribution in [-0.4, -0.2) is 93.0 Å². The fraction of sp³-hybridized carbons (Fsp3) is 0.692. The third-order valence-corrected chi connectivity index (χ3v) is 8.80. The van der Waals surface area contributed by atoms with Crippen LogP contribution in [0.5, 0.6) is 6.01 Å². The molecule has 39 heavy (non-hydrogen) atoms. The fourth-order valence-corrected chi connectivity index (χ4v) is 7.17. The fourth-order valence-electron chi connectivity index (χ4n) is 6.70. The molecule has 13 heteroatoms. The Hall–Kier alpha value is -2.24. The minimum absolute atomic E-state index is 0.0171. The number of rotatable bonds is 4. The van der Waals surface area contributed by atoms with Gasteiger partial charge in [-0.05, 0) is 53.0 Å². The quantitative estimate of drug-likeness (QED) is 0.463. The average Bonchev–Trinajstić information content (AvgIpc) is 3.47. The SMILES string of the molecule is CC(C)(C)OC(=O)N1[C@@H]2CC[C@H]1CN(c1nc(OC[C@@]34CCCN3C[C@H](F)C4)nc3c(F)c(Cl)nc(Cl)c13)C2. The van der Waals surface area contributed by atoms with Crippen LogP contribution in [0.15, 0.2) is 0 Å². The number of hydrogen-bond donors (Lipinski definition) is 0. The monoisotopic (exact) mass is 584 g/mol. The molecule has 0 N–H and O–H groups in total. The van der Waals surface area contributed by atoms with Gasteiger partial charge in [0.05, 0.1) is 23.0 Å². The van der Waals surface area contributed by atoms with E-state index in [-0.39, 0.29) is 46.9 Å². The Morgan fingerprint density at radius 2 is 1.82 bits per heavy atom. The number of carbonyl (C=O) groups excluding carboxylic acids is 1. The highest BCUT2D eigenvalue weighted by molar-refractivity contribution is 6.37. The molecule has 4 atom stereocenters. The van der Waals surface area contributed by atoms with E-state index < -0.39 is 28.3 Å². The normalized spacial score (nSPS) is 28.8. The number of amides is 1. The van der Waals surface area contributed by atoms with Crippen molar-refractivity contribution >= 4 is 46.0 Å². The highest BCUT2D eigenvalue weighted by Gasteiger charge is 2.50. The average molecular weight is 585 g/mol. The van der Waals surface area contributed by atoms with Crippen LogP contribution in [0, 0.1) is 5.82 Å². The minimum Gasteiger partial charge on any atom is -0.461 e. The van der Waals surface area contributed by atoms with Gasteiger partial charge in [0.25, 0.3) is 0 Å². The largest absolute Gasteiger partial charge is 0.461 e. The number of fused-ring (bicyclic) bond motifs is 4. The molecule has 1 amide bonds. The van der Waals surface area contributed by atoms with E-state index in [0.717, 1.165) is 32.2 Å². The Labute approximate surface area is 235 Å². The number of ether oxygens (including phenoxy) is 2. The van der Waals surface area contributed by atoms with Gasteiger partial charge in [-0.3, -0.25) is 9.80 Å². The van der Waals surface area contributed by atoms with Gasteiger partial charge in [0, 0.05) is 26.1 Å². The summed E-state index contributed by atoms with van der Waals surface area (Å²) < 4.78 is 41.3. The van der Waals surface area contributed by atoms with Gasteiger partial charge in [-0.2, -0.15) is 9.97 Å². The third kappa shape index (κ3) is 4.84. The Morgan fingerprint density at radius 1 is 1.10 bits per heavy atom. The summed E-state index contributed by atoms with van der Waals surface area (Å²) in [7, 11) is 0. The molecule has 0 aromatic carbocycles. The van der Waals surface area contributed by atoms with Crippen molar-refractivity contribution in [3.63, 3.8) is 0 Å². The number of piperazine rings is 1. The Bertz CT molecular complexity index is 1300. The molecular formula is C26H32Cl2F2N6O3. The number of halogens is 4. The molecule has 2 aromatic rings. The van der Waals surface area contributed by atoms with Gasteiger partial charge in [-0.25, -0.2) is 18.6 Å². The molecule has 0 radical (unpaired) electrons. The topological polar surface area (TPSA) is 83.9 Å². The molecule has 0 spiro atoms. The number of anilines is 1. The number of alkyl halides is 1. The second-order valence-electron chi connectivity index (χ2n) is 12.1. The summed E-state index contributed by atoms with van der Waals surface area (Å²) in [4.78, 5) is 31.9. The second kappa shape index (κ2) is 9.69. The second-order valence-corrected chi connectivity index (χ2v) is 12.8. The minimum atomic E-state index is -0.903. The molecule has 0 saturated carbocycles. The van der Waals surface area contributed by atoms with Gasteiger partial charge in [0.1, 0.15) is 34.9 Å². The molecule has 4 aliphatic heterocycles. The molecule has 6 rings (SSSR count). The van der Waals surface area contributed by atoms with E-state index in [9.17, 15) is 9.18 Å². The highest BCUT2D eigenvalue weighted by Crippen LogP contribution is 2.42. The molecule has 4 aliphatic rings. The van der Waals surface area contributed by atoms with Crippen LogP contribution in [0.1, 0.15) is 52.9 Å². The zero-order valence-electron chi connectivity index (χ0n) is 22.2. The van der Waals surface area contributed by atoms with Crippen LogP contribution in [0.3, 0.4) is 0 Å². The first-order valence-electron chi connectivity index (χ1n) is 13.4. The van der Waals surface area contributed by atoms with Crippen molar-refractivity contribution in [2.45, 2.75) is 82.3 Å². The third-order valence-electron chi connectivity index (χ3n) is 8.28. The van der Waals surface area contributed by atoms with Crippen LogP contribution in [0.4, 0.5) is 19.4 Å². The first-order valence-corrected chi connectivity index (χ1v) is 14.2. The Kier molecular flexibility index (Phi) is 6.70. The maximum atomic E-state index is 15.3. The van der Waals surface area contributed by atoms with Gasteiger partial charge in [-0.1, -0.05) is 23.2 Å². The summed E-state index contributed by atoms with van der Waals surface area (Å²) in [6.45, 7) is 7.84. The number of hydrogen-bond acceptors (Lipinski definition) is 8. The van der Waals surface area contributed by atoms with Crippen molar-refractivity contribution in [2.24, 2.45) is 0 Å². The molecule has 2 aromatic heterocycles. The van der Waals surface area contributed by atoms with Crippen molar-refractivity contribution in [3.8, 4) is 6.01 Å². The molecule has 0 unspecified atom stereocenters. The van der Waals surface area contributed by atoms with Crippen molar-refractivity contribution in [2.75, 3.05) is 37.7 Å². The summed E-state index contributed by atoms with van der Waals surface area (Å²) in [6, 6.07) is -0.245. The van der Waals surface area contributed by atoms with Crippen molar-refractivity contribution in [3.05, 3.63) is 16.1 Å². The molecule has 0 aliphatic carbocycles. The number of nitrogens with zero attached hydrogens (tertiary/aromatic N) is 6. The molecule has 6 heterocycles. The molecule has 4 fully saturated rings. The lowest BCUT2D eigenvalue weighted by Gasteiger charge is -2.42. The van der Waals surface area contributed by atoms with Gasteiger partial charge in [0.15, 0.2) is 11.0 Å². The van der Waals surface area contributed by atoms with Gasteiger partial charge < -0.3 is 14.4 Å². The first kappa shape index (κ1) is 27.0. The van der Waals surface area contributed by atoms with Gasteiger partial charge in [-0.15, -0.1) is 0 Å². The first-order chi connectivity index (χ1) is 18.4. The van der Waals surface area contributed by atoms with E-state index in [4.69, 9.17) is 32.7 Å². The van der Waals surface area contributed by atoms with Crippen molar-refractivity contribution in [1.82, 2.24) is 24.8 Å². The summed E-state index contributed by atoms with van der Waals surface area (Å²) in [5.41, 5.74) is -1.10. The van der Waals surface area contributed by atoms with Crippen LogP contribution in [-0.2, 0) is 4.74 Å². The Balaban J connectivity index is 1.33. The van der Waals surface area contributed by atoms with Crippen molar-refractivity contribution < 1.29 is 23.0 Å². The van der Waals surface area contributed by atoms with Crippen LogP contribution in [0.25, 0.3) is 10.9 Å². The van der Waals surface area contributed by atoms with Crippen molar-refractivity contribution in [1.29, 1.82) is 0 Å². The predicted octanol–water partition coefficient (Wildman–Crippen LogP) is 5.01. The van der Waals surface area contributed by atoms with Gasteiger partial charge >= 0.3 is 12.1 Å². The highest BCUT2D eigenvalue weighted by atomic mass is 35.5. The number of carbonyl (C=O) groups is 1. The van der Waals surface area contributed by atoms with E-state index in [1.165, 1.54) is 0 Å². The summed E-state index contributed by atoms with van der Waals surface area (Å²) >= 11 is 12.5. The van der Waals surface area contributed by atoms with E-state index >= 15 is 4.39 Å². The van der Waals surface area contributed by atoms with Crippen LogP contribution >= 0.6 is 23.2 Å². The van der Waals surface area contributed by atoms with Crippen LogP contribution < -0.4 is 9.64 Å². The summed E-state index contributed by atoms with van der Waals surface area (Å²) in [5, 5.41) is -0.174. The maximum Gasteiger partial charge on any atom is 0.410 e.